The van der Waals surface area contributed by atoms with E-state index in [2.05, 4.69) is 10.3 Å². The first-order chi connectivity index (χ1) is 10.5. The lowest BCUT2D eigenvalue weighted by atomic mass is 10.1. The Balaban J connectivity index is 2.09. The summed E-state index contributed by atoms with van der Waals surface area (Å²) >= 11 is 0. The maximum absolute atomic E-state index is 12.1. The number of carbonyl (C=O) groups is 1. The summed E-state index contributed by atoms with van der Waals surface area (Å²) in [5.74, 6) is -0.235. The normalized spacial score (nSPS) is 10.5. The van der Waals surface area contributed by atoms with Gasteiger partial charge in [-0.1, -0.05) is 25.5 Å². The first-order valence-electron chi connectivity index (χ1n) is 7.42. The Bertz CT molecular complexity index is 735. The first-order valence-corrected chi connectivity index (χ1v) is 7.42. The van der Waals surface area contributed by atoms with Crippen molar-refractivity contribution in [1.82, 2.24) is 9.55 Å². The van der Waals surface area contributed by atoms with Crippen LogP contribution in [0.4, 0.5) is 5.69 Å². The van der Waals surface area contributed by atoms with Crippen molar-refractivity contribution in [3.8, 4) is 0 Å². The Morgan fingerprint density at radius 1 is 1.27 bits per heavy atom. The Hall–Kier alpha value is -2.43. The van der Waals surface area contributed by atoms with E-state index in [0.29, 0.717) is 0 Å². The minimum atomic E-state index is -0.235. The molecule has 1 N–H and O–H groups in total. The summed E-state index contributed by atoms with van der Waals surface area (Å²) < 4.78 is 1.32. The van der Waals surface area contributed by atoms with E-state index in [4.69, 9.17) is 0 Å². The van der Waals surface area contributed by atoms with Crippen molar-refractivity contribution in [2.24, 2.45) is 0 Å². The van der Waals surface area contributed by atoms with Crippen LogP contribution >= 0.6 is 0 Å². The molecule has 0 saturated carbocycles. The van der Waals surface area contributed by atoms with Gasteiger partial charge in [-0.05, 0) is 37.5 Å². The van der Waals surface area contributed by atoms with E-state index in [1.807, 2.05) is 39.0 Å². The van der Waals surface area contributed by atoms with Crippen molar-refractivity contribution in [1.29, 1.82) is 0 Å². The topological polar surface area (TPSA) is 64.0 Å². The predicted molar refractivity (Wildman–Crippen MR) is 87.0 cm³/mol. The molecule has 0 saturated heterocycles. The summed E-state index contributed by atoms with van der Waals surface area (Å²) in [5, 5.41) is 2.84. The van der Waals surface area contributed by atoms with Crippen molar-refractivity contribution in [3.63, 3.8) is 0 Å². The Morgan fingerprint density at radius 2 is 2.05 bits per heavy atom. The summed E-state index contributed by atoms with van der Waals surface area (Å²) in [6, 6.07) is 7.36. The zero-order valence-corrected chi connectivity index (χ0v) is 13.2. The van der Waals surface area contributed by atoms with Gasteiger partial charge in [0, 0.05) is 17.4 Å². The van der Waals surface area contributed by atoms with Gasteiger partial charge < -0.3 is 5.32 Å². The summed E-state index contributed by atoms with van der Waals surface area (Å²) in [4.78, 5) is 28.3. The van der Waals surface area contributed by atoms with E-state index in [9.17, 15) is 9.59 Å². The van der Waals surface area contributed by atoms with Crippen LogP contribution in [0.5, 0.6) is 0 Å². The molecule has 1 heterocycles. The molecule has 0 aliphatic heterocycles. The fourth-order valence-corrected chi connectivity index (χ4v) is 2.19. The molecule has 1 aromatic heterocycles. The first kappa shape index (κ1) is 15.9. The molecule has 0 bridgehead atoms. The van der Waals surface area contributed by atoms with E-state index in [0.717, 1.165) is 35.3 Å². The molecule has 2 rings (SSSR count). The van der Waals surface area contributed by atoms with Gasteiger partial charge in [-0.15, -0.1) is 0 Å². The molecule has 2 aromatic rings. The number of hydrogen-bond donors (Lipinski definition) is 1. The lowest BCUT2D eigenvalue weighted by Gasteiger charge is -2.10. The average molecular weight is 299 g/mol. The standard InChI is InChI=1S/C17H21N3O2/c1-4-5-14-9-17(22)20(11-18-14)10-16(21)19-15-8-12(2)6-7-13(15)3/h6-9,11H,4-5,10H2,1-3H3,(H,19,21). The van der Waals surface area contributed by atoms with Crippen LogP contribution in [0.1, 0.15) is 30.2 Å². The van der Waals surface area contributed by atoms with Crippen LogP contribution in [0.3, 0.4) is 0 Å². The quantitative estimate of drug-likeness (QED) is 0.922. The highest BCUT2D eigenvalue weighted by atomic mass is 16.2. The minimum absolute atomic E-state index is 0.0361. The number of amides is 1. The van der Waals surface area contributed by atoms with Crippen molar-refractivity contribution in [3.05, 3.63) is 57.8 Å². The molecule has 1 aromatic carbocycles. The van der Waals surface area contributed by atoms with Crippen LogP contribution in [0, 0.1) is 13.8 Å². The van der Waals surface area contributed by atoms with Gasteiger partial charge >= 0.3 is 0 Å². The summed E-state index contributed by atoms with van der Waals surface area (Å²) in [7, 11) is 0. The molecule has 0 spiro atoms. The third kappa shape index (κ3) is 4.04. The van der Waals surface area contributed by atoms with Gasteiger partial charge in [0.25, 0.3) is 5.56 Å². The maximum Gasteiger partial charge on any atom is 0.253 e. The number of benzene rings is 1. The van der Waals surface area contributed by atoms with Crippen LogP contribution in [0.25, 0.3) is 0 Å². The van der Waals surface area contributed by atoms with Crippen LogP contribution in [0.15, 0.2) is 35.4 Å². The summed E-state index contributed by atoms with van der Waals surface area (Å²) in [6.07, 6.45) is 3.14. The van der Waals surface area contributed by atoms with Gasteiger partial charge in [0.1, 0.15) is 6.54 Å². The predicted octanol–water partition coefficient (Wildman–Crippen LogP) is 2.45. The number of nitrogens with zero attached hydrogens (tertiary/aromatic N) is 2. The van der Waals surface area contributed by atoms with Crippen molar-refractivity contribution in [2.75, 3.05) is 5.32 Å². The lowest BCUT2D eigenvalue weighted by Crippen LogP contribution is -2.28. The number of anilines is 1. The van der Waals surface area contributed by atoms with Crippen molar-refractivity contribution < 1.29 is 4.79 Å². The zero-order chi connectivity index (χ0) is 16.1. The number of aryl methyl sites for hydroxylation is 3. The number of aromatic nitrogens is 2. The SMILES string of the molecule is CCCc1cc(=O)n(CC(=O)Nc2cc(C)ccc2C)cn1. The Morgan fingerprint density at radius 3 is 2.73 bits per heavy atom. The molecule has 0 fully saturated rings. The highest BCUT2D eigenvalue weighted by Crippen LogP contribution is 2.16. The molecule has 1 amide bonds. The van der Waals surface area contributed by atoms with Gasteiger partial charge in [0.15, 0.2) is 0 Å². The second-order valence-corrected chi connectivity index (χ2v) is 5.46. The van der Waals surface area contributed by atoms with Crippen molar-refractivity contribution in [2.45, 2.75) is 40.2 Å². The van der Waals surface area contributed by atoms with Gasteiger partial charge in [-0.3, -0.25) is 14.2 Å². The van der Waals surface area contributed by atoms with Crippen LogP contribution in [0.2, 0.25) is 0 Å². The molecular formula is C17H21N3O2. The fourth-order valence-electron chi connectivity index (χ4n) is 2.19. The Kier molecular flexibility index (Phi) is 5.09. The molecule has 0 aliphatic rings. The monoisotopic (exact) mass is 299 g/mol. The number of nitrogens with one attached hydrogen (secondary N) is 1. The van der Waals surface area contributed by atoms with E-state index in [1.165, 1.54) is 17.0 Å². The van der Waals surface area contributed by atoms with Gasteiger partial charge in [-0.25, -0.2) is 4.98 Å². The maximum atomic E-state index is 12.1. The number of carbonyl (C=O) groups excluding carboxylic acids is 1. The summed E-state index contributed by atoms with van der Waals surface area (Å²) in [6.45, 7) is 5.90. The van der Waals surface area contributed by atoms with Gasteiger partial charge in [0.2, 0.25) is 5.91 Å². The molecular weight excluding hydrogens is 278 g/mol. The van der Waals surface area contributed by atoms with Gasteiger partial charge in [-0.2, -0.15) is 0 Å². The number of hydrogen-bond acceptors (Lipinski definition) is 3. The third-order valence-corrected chi connectivity index (χ3v) is 3.42. The average Bonchev–Trinajstić information content (AvgIpc) is 2.46. The van der Waals surface area contributed by atoms with E-state index in [1.54, 1.807) is 0 Å². The molecule has 116 valence electrons. The largest absolute Gasteiger partial charge is 0.324 e. The smallest absolute Gasteiger partial charge is 0.253 e. The zero-order valence-electron chi connectivity index (χ0n) is 13.2. The van der Waals surface area contributed by atoms with E-state index < -0.39 is 0 Å². The second-order valence-electron chi connectivity index (χ2n) is 5.46. The lowest BCUT2D eigenvalue weighted by molar-refractivity contribution is -0.116. The molecule has 22 heavy (non-hydrogen) atoms. The second kappa shape index (κ2) is 7.02. The molecule has 0 aliphatic carbocycles. The van der Waals surface area contributed by atoms with Gasteiger partial charge in [0.05, 0.1) is 6.33 Å². The highest BCUT2D eigenvalue weighted by molar-refractivity contribution is 5.91. The molecule has 0 radical (unpaired) electrons. The van der Waals surface area contributed by atoms with E-state index >= 15 is 0 Å². The molecule has 0 atom stereocenters. The third-order valence-electron chi connectivity index (χ3n) is 3.42. The molecule has 0 unspecified atom stereocenters. The fraction of sp³-hybridized carbons (Fsp3) is 0.353. The van der Waals surface area contributed by atoms with Crippen molar-refractivity contribution >= 4 is 11.6 Å². The van der Waals surface area contributed by atoms with Crippen LogP contribution < -0.4 is 10.9 Å². The molecule has 5 heteroatoms. The summed E-state index contributed by atoms with van der Waals surface area (Å²) in [5.41, 5.74) is 3.40. The van der Waals surface area contributed by atoms with Crippen LogP contribution in [-0.4, -0.2) is 15.5 Å². The molecule has 5 nitrogen and oxygen atoms in total. The highest BCUT2D eigenvalue weighted by Gasteiger charge is 2.08. The van der Waals surface area contributed by atoms with E-state index in [-0.39, 0.29) is 18.0 Å². The van der Waals surface area contributed by atoms with Crippen LogP contribution in [-0.2, 0) is 17.8 Å². The minimum Gasteiger partial charge on any atom is -0.324 e. The Labute approximate surface area is 130 Å². The number of rotatable bonds is 5.